The maximum Gasteiger partial charge on any atom is 0.321 e. The molecule has 1 saturated heterocycles. The third kappa shape index (κ3) is 1.45. The lowest BCUT2D eigenvalue weighted by Gasteiger charge is -2.18. The van der Waals surface area contributed by atoms with Crippen molar-refractivity contribution in [2.24, 2.45) is 0 Å². The molecule has 1 aliphatic heterocycles. The summed E-state index contributed by atoms with van der Waals surface area (Å²) in [5, 5.41) is 0. The molecule has 1 atom stereocenters. The van der Waals surface area contributed by atoms with E-state index in [-0.39, 0.29) is 12.1 Å². The molecule has 0 aromatic rings. The Labute approximate surface area is 66.7 Å². The zero-order valence-electron chi connectivity index (χ0n) is 7.20. The van der Waals surface area contributed by atoms with E-state index in [0.29, 0.717) is 6.73 Å². The Morgan fingerprint density at radius 2 is 2.36 bits per heavy atom. The lowest BCUT2D eigenvalue weighted by molar-refractivity contribution is 0.0782. The van der Waals surface area contributed by atoms with E-state index in [1.165, 1.54) is 0 Å². The number of hydrogen-bond acceptors (Lipinski definition) is 2. The molecule has 0 aromatic heterocycles. The molecule has 0 N–H and O–H groups in total. The third-order valence-corrected chi connectivity index (χ3v) is 1.91. The van der Waals surface area contributed by atoms with Crippen LogP contribution in [0, 0.1) is 0 Å². The van der Waals surface area contributed by atoms with Gasteiger partial charge in [0.1, 0.15) is 6.73 Å². The van der Waals surface area contributed by atoms with Crippen molar-refractivity contribution in [1.82, 2.24) is 9.80 Å². The number of carbonyl (C=O) groups is 1. The molecule has 1 fully saturated rings. The van der Waals surface area contributed by atoms with Crippen molar-refractivity contribution in [2.75, 3.05) is 27.4 Å². The quantitative estimate of drug-likeness (QED) is 0.580. The smallest absolute Gasteiger partial charge is 0.321 e. The number of rotatable bonds is 2. The highest BCUT2D eigenvalue weighted by Gasteiger charge is 2.31. The minimum Gasteiger partial charge on any atom is -0.364 e. The first-order valence-corrected chi connectivity index (χ1v) is 3.67. The minimum atomic E-state index is 0.0550. The molecule has 11 heavy (non-hydrogen) atoms. The summed E-state index contributed by atoms with van der Waals surface area (Å²) in [5.74, 6) is 0. The molecule has 4 heteroatoms. The Morgan fingerprint density at radius 3 is 2.73 bits per heavy atom. The monoisotopic (exact) mass is 158 g/mol. The number of ether oxygens (including phenoxy) is 1. The standard InChI is InChI=1S/C7H14N2O2/c1-6-4-8(2)7(10)9(6)5-11-3/h6H,4-5H2,1-3H3. The SMILES string of the molecule is COCN1C(=O)N(C)CC1C. The number of nitrogens with zero attached hydrogens (tertiary/aromatic N) is 2. The van der Waals surface area contributed by atoms with Crippen molar-refractivity contribution in [2.45, 2.75) is 13.0 Å². The van der Waals surface area contributed by atoms with Gasteiger partial charge in [-0.2, -0.15) is 0 Å². The van der Waals surface area contributed by atoms with Crippen molar-refractivity contribution in [3.05, 3.63) is 0 Å². The van der Waals surface area contributed by atoms with Gasteiger partial charge in [0.2, 0.25) is 0 Å². The Morgan fingerprint density at radius 1 is 1.73 bits per heavy atom. The van der Waals surface area contributed by atoms with Gasteiger partial charge in [-0.1, -0.05) is 0 Å². The van der Waals surface area contributed by atoms with E-state index in [1.54, 1.807) is 24.0 Å². The van der Waals surface area contributed by atoms with E-state index >= 15 is 0 Å². The molecule has 4 nitrogen and oxygen atoms in total. The van der Waals surface area contributed by atoms with Crippen LogP contribution in [0.25, 0.3) is 0 Å². The topological polar surface area (TPSA) is 32.8 Å². The second-order valence-electron chi connectivity index (χ2n) is 2.90. The minimum absolute atomic E-state index is 0.0550. The van der Waals surface area contributed by atoms with Crippen LogP contribution >= 0.6 is 0 Å². The fraction of sp³-hybridized carbons (Fsp3) is 0.857. The van der Waals surface area contributed by atoms with Crippen LogP contribution in [-0.2, 0) is 4.74 Å². The van der Waals surface area contributed by atoms with E-state index in [1.807, 2.05) is 6.92 Å². The van der Waals surface area contributed by atoms with Gasteiger partial charge < -0.3 is 9.64 Å². The summed E-state index contributed by atoms with van der Waals surface area (Å²) in [5.41, 5.74) is 0. The first-order valence-electron chi connectivity index (χ1n) is 3.67. The van der Waals surface area contributed by atoms with Gasteiger partial charge in [0, 0.05) is 20.7 Å². The van der Waals surface area contributed by atoms with Crippen LogP contribution in [0.2, 0.25) is 0 Å². The molecule has 0 aromatic carbocycles. The van der Waals surface area contributed by atoms with Crippen molar-refractivity contribution in [1.29, 1.82) is 0 Å². The average molecular weight is 158 g/mol. The Kier molecular flexibility index (Phi) is 2.34. The Balaban J connectivity index is 2.56. The van der Waals surface area contributed by atoms with Crippen molar-refractivity contribution in [3.8, 4) is 0 Å². The van der Waals surface area contributed by atoms with Crippen LogP contribution in [0.5, 0.6) is 0 Å². The highest BCUT2D eigenvalue weighted by molar-refractivity contribution is 5.76. The lowest BCUT2D eigenvalue weighted by atomic mass is 10.3. The van der Waals surface area contributed by atoms with Gasteiger partial charge in [-0.15, -0.1) is 0 Å². The zero-order valence-corrected chi connectivity index (χ0v) is 7.20. The van der Waals surface area contributed by atoms with Crippen molar-refractivity contribution < 1.29 is 9.53 Å². The van der Waals surface area contributed by atoms with Crippen molar-refractivity contribution in [3.63, 3.8) is 0 Å². The van der Waals surface area contributed by atoms with E-state index in [2.05, 4.69) is 0 Å². The molecule has 1 unspecified atom stereocenters. The maximum atomic E-state index is 11.3. The van der Waals surface area contributed by atoms with Gasteiger partial charge in [0.25, 0.3) is 0 Å². The summed E-state index contributed by atoms with van der Waals surface area (Å²) in [4.78, 5) is 14.7. The summed E-state index contributed by atoms with van der Waals surface area (Å²) in [7, 11) is 3.40. The van der Waals surface area contributed by atoms with Gasteiger partial charge in [-0.25, -0.2) is 4.79 Å². The van der Waals surface area contributed by atoms with E-state index in [4.69, 9.17) is 4.74 Å². The number of likely N-dealkylation sites (N-methyl/N-ethyl adjacent to an activating group) is 1. The lowest BCUT2D eigenvalue weighted by Crippen LogP contribution is -2.34. The van der Waals surface area contributed by atoms with Crippen LogP contribution in [0.4, 0.5) is 4.79 Å². The fourth-order valence-corrected chi connectivity index (χ4v) is 1.30. The van der Waals surface area contributed by atoms with E-state index in [9.17, 15) is 4.79 Å². The fourth-order valence-electron chi connectivity index (χ4n) is 1.30. The summed E-state index contributed by atoms with van der Waals surface area (Å²) >= 11 is 0. The molecule has 0 saturated carbocycles. The molecule has 1 rings (SSSR count). The molecular formula is C7H14N2O2. The number of carbonyl (C=O) groups excluding carboxylic acids is 1. The van der Waals surface area contributed by atoms with Crippen LogP contribution in [0.1, 0.15) is 6.92 Å². The summed E-state index contributed by atoms with van der Waals surface area (Å²) in [6, 6.07) is 0.326. The van der Waals surface area contributed by atoms with Crippen LogP contribution in [0.15, 0.2) is 0 Å². The van der Waals surface area contributed by atoms with Crippen molar-refractivity contribution >= 4 is 6.03 Å². The summed E-state index contributed by atoms with van der Waals surface area (Å²) in [6.07, 6.45) is 0. The number of urea groups is 1. The third-order valence-electron chi connectivity index (χ3n) is 1.91. The van der Waals surface area contributed by atoms with E-state index in [0.717, 1.165) is 6.54 Å². The normalized spacial score (nSPS) is 25.0. The molecular weight excluding hydrogens is 144 g/mol. The predicted octanol–water partition coefficient (Wildman–Crippen LogP) is 0.346. The summed E-state index contributed by atoms with van der Waals surface area (Å²) in [6.45, 7) is 3.20. The van der Waals surface area contributed by atoms with Gasteiger partial charge in [-0.3, -0.25) is 4.90 Å². The van der Waals surface area contributed by atoms with E-state index < -0.39 is 0 Å². The van der Waals surface area contributed by atoms with Crippen LogP contribution < -0.4 is 0 Å². The molecule has 0 radical (unpaired) electrons. The molecule has 0 bridgehead atoms. The molecule has 2 amide bonds. The highest BCUT2D eigenvalue weighted by atomic mass is 16.5. The molecule has 1 heterocycles. The largest absolute Gasteiger partial charge is 0.364 e. The average Bonchev–Trinajstić information content (AvgIpc) is 2.17. The molecule has 64 valence electrons. The summed E-state index contributed by atoms with van der Waals surface area (Å²) < 4.78 is 4.89. The van der Waals surface area contributed by atoms with Crippen LogP contribution in [-0.4, -0.2) is 49.3 Å². The van der Waals surface area contributed by atoms with Gasteiger partial charge >= 0.3 is 6.03 Å². The number of hydrogen-bond donors (Lipinski definition) is 0. The van der Waals surface area contributed by atoms with Gasteiger partial charge in [0.15, 0.2) is 0 Å². The number of methoxy groups -OCH3 is 1. The first-order chi connectivity index (χ1) is 5.16. The highest BCUT2D eigenvalue weighted by Crippen LogP contribution is 2.12. The first kappa shape index (κ1) is 8.33. The Bertz CT molecular complexity index is 161. The van der Waals surface area contributed by atoms with Gasteiger partial charge in [-0.05, 0) is 6.92 Å². The van der Waals surface area contributed by atoms with Gasteiger partial charge in [0.05, 0.1) is 6.04 Å². The predicted molar refractivity (Wildman–Crippen MR) is 41.2 cm³/mol. The Hall–Kier alpha value is -0.770. The molecule has 0 spiro atoms. The number of amides is 2. The second kappa shape index (κ2) is 3.09. The zero-order chi connectivity index (χ0) is 8.43. The second-order valence-corrected chi connectivity index (χ2v) is 2.90. The maximum absolute atomic E-state index is 11.3. The molecule has 1 aliphatic rings. The van der Waals surface area contributed by atoms with Crippen LogP contribution in [0.3, 0.4) is 0 Å². The molecule has 0 aliphatic carbocycles.